The molecule has 0 aliphatic rings. The number of nitrogens with zero attached hydrogens (tertiary/aromatic N) is 2. The average Bonchev–Trinajstić information content (AvgIpc) is 3.17. The second-order valence-electron chi connectivity index (χ2n) is 4.99. The Bertz CT molecular complexity index is 864. The smallest absolute Gasteiger partial charge is 0.328 e. The van der Waals surface area contributed by atoms with E-state index in [0.717, 1.165) is 6.07 Å². The van der Waals surface area contributed by atoms with Gasteiger partial charge in [-0.25, -0.2) is 14.0 Å². The van der Waals surface area contributed by atoms with Crippen molar-refractivity contribution in [3.63, 3.8) is 0 Å². The van der Waals surface area contributed by atoms with Gasteiger partial charge in [0.05, 0.1) is 10.6 Å². The number of rotatable bonds is 7. The Balaban J connectivity index is 0.000000416. The molecule has 0 aliphatic heterocycles. The molecule has 4 N–H and O–H groups in total. The summed E-state index contributed by atoms with van der Waals surface area (Å²) in [5, 5.41) is 28.3. The Morgan fingerprint density at radius 1 is 1.39 bits per heavy atom. The molecular weight excluding hydrogens is 397 g/mol. The van der Waals surface area contributed by atoms with E-state index in [1.54, 1.807) is 6.07 Å². The van der Waals surface area contributed by atoms with Crippen LogP contribution in [0.25, 0.3) is 0 Å². The number of carboxylic acids is 2. The zero-order valence-electron chi connectivity index (χ0n) is 14.2. The van der Waals surface area contributed by atoms with E-state index >= 15 is 0 Å². The molecule has 1 aromatic heterocycles. The van der Waals surface area contributed by atoms with Crippen molar-refractivity contribution >= 4 is 23.5 Å². The molecule has 0 bridgehead atoms. The van der Waals surface area contributed by atoms with Gasteiger partial charge in [0.25, 0.3) is 0 Å². The molecule has 0 fully saturated rings. The van der Waals surface area contributed by atoms with Gasteiger partial charge in [0.15, 0.2) is 0 Å². The summed E-state index contributed by atoms with van der Waals surface area (Å²) in [5.41, 5.74) is 6.12. The van der Waals surface area contributed by atoms with Crippen molar-refractivity contribution in [2.45, 2.75) is 12.5 Å². The highest BCUT2D eigenvalue weighted by molar-refractivity contribution is 6.30. The summed E-state index contributed by atoms with van der Waals surface area (Å²) in [6, 6.07) is 5.78. The Morgan fingerprint density at radius 3 is 2.50 bits per heavy atom. The second-order valence-corrected chi connectivity index (χ2v) is 5.40. The van der Waals surface area contributed by atoms with Gasteiger partial charge in [0.1, 0.15) is 35.7 Å². The first-order chi connectivity index (χ1) is 13.3. The van der Waals surface area contributed by atoms with Crippen molar-refractivity contribution < 1.29 is 33.5 Å². The fraction of sp³-hybridized carbons (Fsp3) is 0.176. The van der Waals surface area contributed by atoms with Crippen LogP contribution in [-0.2, 0) is 9.59 Å². The highest BCUT2D eigenvalue weighted by Gasteiger charge is 2.19. The van der Waals surface area contributed by atoms with E-state index in [2.05, 4.69) is 5.16 Å². The minimum Gasteiger partial charge on any atom is -0.482 e. The molecule has 0 saturated heterocycles. The Hall–Kier alpha value is -3.42. The molecule has 0 amide bonds. The summed E-state index contributed by atoms with van der Waals surface area (Å²) in [4.78, 5) is 19.1. The number of carboxylic acid groups (broad SMARTS) is 2. The Kier molecular flexibility index (Phi) is 9.15. The van der Waals surface area contributed by atoms with E-state index in [0.29, 0.717) is 30.8 Å². The number of ether oxygens (including phenoxy) is 1. The number of aliphatic carboxylic acids is 2. The predicted octanol–water partition coefficient (Wildman–Crippen LogP) is 2.52. The molecule has 0 radical (unpaired) electrons. The first-order valence-electron chi connectivity index (χ1n) is 7.58. The van der Waals surface area contributed by atoms with Crippen molar-refractivity contribution in [3.8, 4) is 11.8 Å². The SMILES string of the molecule is N#Cc1cc(F)c(Cl)cc1O[C@H](CCN)c1ccon1.O=C(O)C=CC(=O)O. The van der Waals surface area contributed by atoms with E-state index in [1.807, 2.05) is 6.07 Å². The number of nitriles is 1. The third-order valence-corrected chi connectivity index (χ3v) is 3.29. The lowest BCUT2D eigenvalue weighted by Crippen LogP contribution is -2.14. The van der Waals surface area contributed by atoms with Gasteiger partial charge in [-0.3, -0.25) is 0 Å². The van der Waals surface area contributed by atoms with Crippen LogP contribution >= 0.6 is 11.6 Å². The largest absolute Gasteiger partial charge is 0.482 e. The normalized spacial score (nSPS) is 11.2. The number of carbonyl (C=O) groups is 2. The van der Waals surface area contributed by atoms with Crippen LogP contribution < -0.4 is 10.5 Å². The number of nitrogens with two attached hydrogens (primary N) is 1. The highest BCUT2D eigenvalue weighted by Crippen LogP contribution is 2.30. The monoisotopic (exact) mass is 411 g/mol. The number of halogens is 2. The number of aromatic nitrogens is 1. The van der Waals surface area contributed by atoms with Crippen LogP contribution in [0.1, 0.15) is 23.8 Å². The summed E-state index contributed by atoms with van der Waals surface area (Å²) in [6.07, 6.45) is 2.50. The molecule has 2 aromatic rings. The van der Waals surface area contributed by atoms with Crippen LogP contribution in [-0.4, -0.2) is 33.9 Å². The van der Waals surface area contributed by atoms with Crippen molar-refractivity contribution in [1.82, 2.24) is 5.16 Å². The first-order valence-corrected chi connectivity index (χ1v) is 7.96. The molecule has 148 valence electrons. The van der Waals surface area contributed by atoms with Crippen molar-refractivity contribution in [1.29, 1.82) is 5.26 Å². The number of hydrogen-bond acceptors (Lipinski definition) is 7. The summed E-state index contributed by atoms with van der Waals surface area (Å²) in [5.74, 6) is -3.01. The summed E-state index contributed by atoms with van der Waals surface area (Å²) < 4.78 is 23.8. The minimum atomic E-state index is -1.26. The highest BCUT2D eigenvalue weighted by atomic mass is 35.5. The van der Waals surface area contributed by atoms with E-state index in [-0.39, 0.29) is 16.3 Å². The molecule has 1 aromatic carbocycles. The van der Waals surface area contributed by atoms with E-state index in [4.69, 9.17) is 42.1 Å². The van der Waals surface area contributed by atoms with Gasteiger partial charge in [-0.05, 0) is 12.6 Å². The maximum atomic E-state index is 13.3. The van der Waals surface area contributed by atoms with Crippen LogP contribution in [0.15, 0.2) is 41.1 Å². The molecule has 0 saturated carbocycles. The van der Waals surface area contributed by atoms with E-state index in [9.17, 15) is 14.0 Å². The topological polar surface area (TPSA) is 160 Å². The molecule has 11 heteroatoms. The molecule has 28 heavy (non-hydrogen) atoms. The summed E-state index contributed by atoms with van der Waals surface area (Å²) >= 11 is 5.70. The van der Waals surface area contributed by atoms with Crippen molar-refractivity contribution in [2.75, 3.05) is 6.54 Å². The van der Waals surface area contributed by atoms with Gasteiger partial charge in [-0.15, -0.1) is 0 Å². The van der Waals surface area contributed by atoms with Crippen LogP contribution in [0.5, 0.6) is 5.75 Å². The molecule has 9 nitrogen and oxygen atoms in total. The van der Waals surface area contributed by atoms with Crippen LogP contribution in [0.2, 0.25) is 5.02 Å². The third kappa shape index (κ3) is 7.45. The maximum absolute atomic E-state index is 13.3. The molecular formula is C17H15ClFN3O6. The number of benzene rings is 1. The van der Waals surface area contributed by atoms with Gasteiger partial charge in [0.2, 0.25) is 0 Å². The molecule has 0 aliphatic carbocycles. The van der Waals surface area contributed by atoms with Crippen LogP contribution in [0.3, 0.4) is 0 Å². The lowest BCUT2D eigenvalue weighted by molar-refractivity contribution is -0.134. The van der Waals surface area contributed by atoms with Gasteiger partial charge in [0, 0.05) is 30.7 Å². The van der Waals surface area contributed by atoms with E-state index < -0.39 is 23.9 Å². The predicted molar refractivity (Wildman–Crippen MR) is 94.1 cm³/mol. The van der Waals surface area contributed by atoms with Gasteiger partial charge >= 0.3 is 11.9 Å². The van der Waals surface area contributed by atoms with Crippen LogP contribution in [0.4, 0.5) is 4.39 Å². The van der Waals surface area contributed by atoms with Crippen molar-refractivity contribution in [2.24, 2.45) is 5.73 Å². The van der Waals surface area contributed by atoms with Gasteiger partial charge < -0.3 is 25.2 Å². The zero-order valence-corrected chi connectivity index (χ0v) is 15.0. The summed E-state index contributed by atoms with van der Waals surface area (Å²) in [7, 11) is 0. The molecule has 1 heterocycles. The molecule has 1 atom stereocenters. The maximum Gasteiger partial charge on any atom is 0.328 e. The molecule has 0 unspecified atom stereocenters. The fourth-order valence-electron chi connectivity index (χ4n) is 1.82. The Labute approximate surface area is 163 Å². The zero-order chi connectivity index (χ0) is 21.1. The molecule has 2 rings (SSSR count). The Morgan fingerprint density at radius 2 is 2.04 bits per heavy atom. The lowest BCUT2D eigenvalue weighted by Gasteiger charge is -2.17. The van der Waals surface area contributed by atoms with Crippen LogP contribution in [0, 0.1) is 17.1 Å². The fourth-order valence-corrected chi connectivity index (χ4v) is 1.97. The standard InChI is InChI=1S/C13H11ClFN3O2.C4H4O4/c14-9-6-13(8(7-17)5-10(9)15)20-12(1-3-16)11-2-4-19-18-11;5-3(6)1-2-4(7)8/h2,4-6,12H,1,3,16H2;1-2H,(H,5,6)(H,7,8)/t12-;/m1./s1. The lowest BCUT2D eigenvalue weighted by atomic mass is 10.1. The molecule has 0 spiro atoms. The first kappa shape index (κ1) is 22.6. The second kappa shape index (κ2) is 11.3. The van der Waals surface area contributed by atoms with Crippen molar-refractivity contribution in [3.05, 3.63) is 58.7 Å². The third-order valence-electron chi connectivity index (χ3n) is 3.00. The van der Waals surface area contributed by atoms with E-state index in [1.165, 1.54) is 12.3 Å². The van der Waals surface area contributed by atoms with Gasteiger partial charge in [-0.2, -0.15) is 5.26 Å². The quantitative estimate of drug-likeness (QED) is 0.581. The average molecular weight is 412 g/mol. The van der Waals surface area contributed by atoms with Gasteiger partial charge in [-0.1, -0.05) is 16.8 Å². The number of hydrogen-bond donors (Lipinski definition) is 3. The minimum absolute atomic E-state index is 0.0532. The summed E-state index contributed by atoms with van der Waals surface area (Å²) in [6.45, 7) is 0.355.